The van der Waals surface area contributed by atoms with E-state index in [-0.39, 0.29) is 12.6 Å². The first-order valence-corrected chi connectivity index (χ1v) is 8.25. The summed E-state index contributed by atoms with van der Waals surface area (Å²) in [7, 11) is 0. The van der Waals surface area contributed by atoms with Crippen LogP contribution in [0.25, 0.3) is 11.2 Å². The number of esters is 1. The van der Waals surface area contributed by atoms with E-state index in [9.17, 15) is 4.79 Å². The van der Waals surface area contributed by atoms with Crippen molar-refractivity contribution in [2.75, 3.05) is 0 Å². The van der Waals surface area contributed by atoms with E-state index in [2.05, 4.69) is 15.0 Å². The minimum Gasteiger partial charge on any atom is -0.461 e. The lowest BCUT2D eigenvalue weighted by molar-refractivity contribution is -0.142. The molecular weight excluding hydrogens is 330 g/mol. The molecule has 1 aliphatic rings. The monoisotopic (exact) mass is 347 g/mol. The quantitative estimate of drug-likeness (QED) is 0.662. The van der Waals surface area contributed by atoms with Gasteiger partial charge >= 0.3 is 5.97 Å². The Labute approximate surface area is 150 Å². The third-order valence-corrected chi connectivity index (χ3v) is 4.38. The number of hydrogen-bond donors (Lipinski definition) is 0. The van der Waals surface area contributed by atoms with Gasteiger partial charge in [0.05, 0.1) is 12.5 Å². The zero-order valence-corrected chi connectivity index (χ0v) is 14.2. The van der Waals surface area contributed by atoms with Gasteiger partial charge in [-0.3, -0.25) is 14.4 Å². The van der Waals surface area contributed by atoms with Crippen molar-refractivity contribution in [1.82, 2.24) is 19.5 Å². The van der Waals surface area contributed by atoms with Gasteiger partial charge in [-0.05, 0) is 23.3 Å². The number of aliphatic imine (C=N–C) groups is 1. The molecule has 0 N–H and O–H groups in total. The van der Waals surface area contributed by atoms with E-state index in [4.69, 9.17) is 9.73 Å². The SMILES string of the molecule is CC(=O)OCc1ccccc1CC1(n2cnc3cncnc32)C=CC=N1. The number of carbonyl (C=O) groups is 1. The van der Waals surface area contributed by atoms with Crippen molar-refractivity contribution < 1.29 is 9.53 Å². The number of allylic oxidation sites excluding steroid dienone is 1. The number of nitrogens with zero attached hydrogens (tertiary/aromatic N) is 5. The number of aromatic nitrogens is 4. The highest BCUT2D eigenvalue weighted by Crippen LogP contribution is 2.32. The number of hydrogen-bond acceptors (Lipinski definition) is 6. The fraction of sp³-hybridized carbons (Fsp3) is 0.211. The molecule has 0 spiro atoms. The summed E-state index contributed by atoms with van der Waals surface area (Å²) in [4.78, 5) is 28.7. The zero-order chi connectivity index (χ0) is 18.0. The molecule has 4 rings (SSSR count). The summed E-state index contributed by atoms with van der Waals surface area (Å²) >= 11 is 0. The minimum atomic E-state index is -0.657. The van der Waals surface area contributed by atoms with Crippen LogP contribution >= 0.6 is 0 Å². The van der Waals surface area contributed by atoms with Gasteiger partial charge in [0.15, 0.2) is 11.3 Å². The van der Waals surface area contributed by atoms with Crippen molar-refractivity contribution in [2.24, 2.45) is 4.99 Å². The number of ether oxygens (including phenoxy) is 1. The molecule has 3 aromatic rings. The molecule has 7 heteroatoms. The van der Waals surface area contributed by atoms with Gasteiger partial charge < -0.3 is 4.74 Å². The van der Waals surface area contributed by atoms with Gasteiger partial charge in [0.2, 0.25) is 0 Å². The average Bonchev–Trinajstić information content (AvgIpc) is 3.28. The predicted molar refractivity (Wildman–Crippen MR) is 96.5 cm³/mol. The highest BCUT2D eigenvalue weighted by atomic mass is 16.5. The van der Waals surface area contributed by atoms with Gasteiger partial charge in [0.1, 0.15) is 18.5 Å². The molecule has 3 heterocycles. The lowest BCUT2D eigenvalue weighted by Gasteiger charge is -2.27. The Morgan fingerprint density at radius 2 is 2.08 bits per heavy atom. The molecule has 0 aliphatic carbocycles. The molecule has 0 fully saturated rings. The van der Waals surface area contributed by atoms with Crippen LogP contribution in [0, 0.1) is 0 Å². The van der Waals surface area contributed by atoms with Crippen LogP contribution in [0.1, 0.15) is 18.1 Å². The van der Waals surface area contributed by atoms with Gasteiger partial charge in [-0.25, -0.2) is 15.0 Å². The molecule has 0 saturated carbocycles. The van der Waals surface area contributed by atoms with Crippen LogP contribution in [-0.2, 0) is 28.2 Å². The Hall–Kier alpha value is -3.35. The first-order chi connectivity index (χ1) is 12.7. The smallest absolute Gasteiger partial charge is 0.302 e. The lowest BCUT2D eigenvalue weighted by atomic mass is 9.96. The maximum absolute atomic E-state index is 11.2. The molecule has 2 aromatic heterocycles. The highest BCUT2D eigenvalue weighted by Gasteiger charge is 2.33. The normalized spacial score (nSPS) is 18.5. The predicted octanol–water partition coefficient (Wildman–Crippen LogP) is 2.43. The van der Waals surface area contributed by atoms with Gasteiger partial charge in [0.25, 0.3) is 0 Å². The van der Waals surface area contributed by atoms with Gasteiger partial charge in [0, 0.05) is 19.6 Å². The van der Waals surface area contributed by atoms with E-state index in [1.54, 1.807) is 18.7 Å². The second-order valence-corrected chi connectivity index (χ2v) is 6.09. The van der Waals surface area contributed by atoms with Gasteiger partial charge in [-0.2, -0.15) is 0 Å². The van der Waals surface area contributed by atoms with Crippen molar-refractivity contribution in [3.8, 4) is 0 Å². The van der Waals surface area contributed by atoms with Crippen LogP contribution < -0.4 is 0 Å². The number of carbonyl (C=O) groups excluding carboxylic acids is 1. The van der Waals surface area contributed by atoms with Crippen molar-refractivity contribution >= 4 is 23.3 Å². The summed E-state index contributed by atoms with van der Waals surface area (Å²) in [6, 6.07) is 7.89. The maximum atomic E-state index is 11.2. The summed E-state index contributed by atoms with van der Waals surface area (Å²) < 4.78 is 7.14. The third kappa shape index (κ3) is 2.88. The summed E-state index contributed by atoms with van der Waals surface area (Å²) in [6.45, 7) is 1.65. The Bertz CT molecular complexity index is 1010. The van der Waals surface area contributed by atoms with E-state index in [1.807, 2.05) is 41.0 Å². The summed E-state index contributed by atoms with van der Waals surface area (Å²) in [5.41, 5.74) is 2.79. The van der Waals surface area contributed by atoms with Gasteiger partial charge in [-0.15, -0.1) is 0 Å². The first-order valence-electron chi connectivity index (χ1n) is 8.25. The largest absolute Gasteiger partial charge is 0.461 e. The Kier molecular flexibility index (Phi) is 4.04. The topological polar surface area (TPSA) is 82.3 Å². The van der Waals surface area contributed by atoms with Crippen LogP contribution in [0.3, 0.4) is 0 Å². The number of rotatable bonds is 5. The molecule has 0 amide bonds. The second-order valence-electron chi connectivity index (χ2n) is 6.09. The molecule has 1 aromatic carbocycles. The van der Waals surface area contributed by atoms with Crippen molar-refractivity contribution in [3.05, 3.63) is 66.4 Å². The zero-order valence-electron chi connectivity index (χ0n) is 14.2. The molecule has 0 saturated heterocycles. The fourth-order valence-electron chi connectivity index (χ4n) is 3.13. The van der Waals surface area contributed by atoms with E-state index in [0.717, 1.165) is 22.3 Å². The number of fused-ring (bicyclic) bond motifs is 1. The molecule has 1 atom stereocenters. The lowest BCUT2D eigenvalue weighted by Crippen LogP contribution is -2.30. The van der Waals surface area contributed by atoms with Crippen LogP contribution in [-0.4, -0.2) is 31.7 Å². The van der Waals surface area contributed by atoms with Crippen LogP contribution in [0.15, 0.2) is 60.3 Å². The number of benzene rings is 1. The van der Waals surface area contributed by atoms with Crippen LogP contribution in [0.4, 0.5) is 0 Å². The van der Waals surface area contributed by atoms with E-state index in [1.165, 1.54) is 13.3 Å². The molecule has 26 heavy (non-hydrogen) atoms. The van der Waals surface area contributed by atoms with E-state index in [0.29, 0.717) is 6.42 Å². The maximum Gasteiger partial charge on any atom is 0.302 e. The molecule has 130 valence electrons. The molecule has 7 nitrogen and oxygen atoms in total. The fourth-order valence-corrected chi connectivity index (χ4v) is 3.13. The van der Waals surface area contributed by atoms with Gasteiger partial charge in [-0.1, -0.05) is 24.3 Å². The van der Waals surface area contributed by atoms with Crippen molar-refractivity contribution in [1.29, 1.82) is 0 Å². The number of imidazole rings is 1. The second kappa shape index (κ2) is 6.51. The molecule has 1 unspecified atom stereocenters. The first kappa shape index (κ1) is 16.1. The van der Waals surface area contributed by atoms with Crippen LogP contribution in [0.5, 0.6) is 0 Å². The van der Waals surface area contributed by atoms with Crippen molar-refractivity contribution in [2.45, 2.75) is 25.6 Å². The summed E-state index contributed by atoms with van der Waals surface area (Å²) in [5.74, 6) is -0.300. The summed E-state index contributed by atoms with van der Waals surface area (Å²) in [6.07, 6.45) is 11.2. The average molecular weight is 347 g/mol. The minimum absolute atomic E-state index is 0.238. The Balaban J connectivity index is 1.74. The Morgan fingerprint density at radius 3 is 2.85 bits per heavy atom. The Morgan fingerprint density at radius 1 is 1.23 bits per heavy atom. The molecule has 0 bridgehead atoms. The molecule has 1 aliphatic heterocycles. The molecular formula is C19H17N5O2. The van der Waals surface area contributed by atoms with Crippen molar-refractivity contribution in [3.63, 3.8) is 0 Å². The molecule has 0 radical (unpaired) electrons. The van der Waals surface area contributed by atoms with E-state index < -0.39 is 5.66 Å². The van der Waals surface area contributed by atoms with E-state index >= 15 is 0 Å². The summed E-state index contributed by atoms with van der Waals surface area (Å²) in [5, 5.41) is 0. The highest BCUT2D eigenvalue weighted by molar-refractivity contribution is 5.76. The van der Waals surface area contributed by atoms with Crippen LogP contribution in [0.2, 0.25) is 0 Å². The standard InChI is InChI=1S/C19H17N5O2/c1-14(25)26-11-16-6-3-2-5-15(16)9-19(7-4-8-23-19)24-13-22-17-10-20-12-21-18(17)24/h2-8,10,12-13H,9,11H2,1H3. The third-order valence-electron chi connectivity index (χ3n) is 4.38.